The number of nitrogens with one attached hydrogen (secondary N) is 1. The quantitative estimate of drug-likeness (QED) is 0.516. The third-order valence-electron chi connectivity index (χ3n) is 5.51. The average Bonchev–Trinajstić information content (AvgIpc) is 3.31. The van der Waals surface area contributed by atoms with Gasteiger partial charge in [-0.3, -0.25) is 4.79 Å². The van der Waals surface area contributed by atoms with E-state index in [-0.39, 0.29) is 5.01 Å². The number of amides is 1. The van der Waals surface area contributed by atoms with Crippen LogP contribution in [0.1, 0.15) is 33.9 Å². The van der Waals surface area contributed by atoms with E-state index in [4.69, 9.17) is 9.47 Å². The topological polar surface area (TPSA) is 63.7 Å². The maximum Gasteiger partial charge on any atom is 0.435 e. The Balaban J connectivity index is 1.62. The van der Waals surface area contributed by atoms with Crippen LogP contribution in [-0.2, 0) is 10.9 Å². The number of carbonyl (C=O) groups excluding carboxylic acids is 1. The molecule has 1 atom stereocenters. The molecule has 0 saturated carbocycles. The highest BCUT2D eigenvalue weighted by Gasteiger charge is 2.40. The Morgan fingerprint density at radius 2 is 1.91 bits per heavy atom. The molecule has 3 aromatic rings. The molecule has 2 aromatic carbocycles. The third kappa shape index (κ3) is 5.34. The minimum atomic E-state index is -4.76. The van der Waals surface area contributed by atoms with E-state index in [0.717, 1.165) is 17.0 Å². The van der Waals surface area contributed by atoms with Crippen molar-refractivity contribution in [1.82, 2.24) is 10.3 Å². The fraction of sp³-hybridized carbons (Fsp3) is 0.333. The van der Waals surface area contributed by atoms with Gasteiger partial charge in [-0.15, -0.1) is 11.3 Å². The highest BCUT2D eigenvalue weighted by atomic mass is 32.1. The van der Waals surface area contributed by atoms with Gasteiger partial charge in [-0.25, -0.2) is 4.98 Å². The van der Waals surface area contributed by atoms with E-state index in [1.165, 1.54) is 7.11 Å². The van der Waals surface area contributed by atoms with Crippen molar-refractivity contribution in [3.8, 4) is 16.3 Å². The van der Waals surface area contributed by atoms with Crippen LogP contribution in [0.3, 0.4) is 0 Å². The maximum absolute atomic E-state index is 13.8. The van der Waals surface area contributed by atoms with Gasteiger partial charge in [0.15, 0.2) is 5.69 Å². The van der Waals surface area contributed by atoms with E-state index in [1.807, 2.05) is 6.07 Å². The first kappa shape index (κ1) is 24.0. The van der Waals surface area contributed by atoms with Crippen LogP contribution in [0, 0.1) is 0 Å². The normalized spacial score (nSPS) is 15.1. The second-order valence-corrected chi connectivity index (χ2v) is 8.82. The fourth-order valence-electron chi connectivity index (χ4n) is 3.70. The number of rotatable bonds is 6. The molecule has 180 valence electrons. The number of aromatic nitrogens is 1. The molecule has 1 amide bonds. The number of methoxy groups -OCH3 is 1. The first-order valence-electron chi connectivity index (χ1n) is 10.7. The van der Waals surface area contributed by atoms with E-state index in [0.29, 0.717) is 43.2 Å². The summed E-state index contributed by atoms with van der Waals surface area (Å²) in [4.78, 5) is 18.4. The lowest BCUT2D eigenvalue weighted by Gasteiger charge is -2.29. The van der Waals surface area contributed by atoms with Crippen molar-refractivity contribution in [2.45, 2.75) is 19.1 Å². The molecule has 34 heavy (non-hydrogen) atoms. The molecule has 6 nitrogen and oxygen atoms in total. The van der Waals surface area contributed by atoms with Gasteiger partial charge in [0.25, 0.3) is 5.91 Å². The number of benzene rings is 2. The van der Waals surface area contributed by atoms with E-state index in [9.17, 15) is 18.0 Å². The number of carbonyl (C=O) groups is 1. The predicted octanol–water partition coefficient (Wildman–Crippen LogP) is 5.17. The molecule has 1 saturated heterocycles. The van der Waals surface area contributed by atoms with Gasteiger partial charge in [-0.1, -0.05) is 24.3 Å². The molecule has 0 radical (unpaired) electrons. The first-order valence-corrected chi connectivity index (χ1v) is 11.5. The van der Waals surface area contributed by atoms with Crippen molar-refractivity contribution >= 4 is 22.9 Å². The molecular weight excluding hydrogens is 467 g/mol. The minimum Gasteiger partial charge on any atom is -0.497 e. The summed E-state index contributed by atoms with van der Waals surface area (Å²) >= 11 is 0.737. The molecule has 10 heteroatoms. The molecule has 1 aliphatic heterocycles. The number of alkyl halides is 3. The first-order chi connectivity index (χ1) is 16.3. The van der Waals surface area contributed by atoms with E-state index >= 15 is 0 Å². The Bertz CT molecular complexity index is 1160. The van der Waals surface area contributed by atoms with Gasteiger partial charge in [0.2, 0.25) is 0 Å². The van der Waals surface area contributed by atoms with Gasteiger partial charge in [0.05, 0.1) is 26.4 Å². The standard InChI is InChI=1S/C24H24F3N3O3S/c1-15(16-5-4-8-19(14-16)32-2)28-22(31)20-21(24(25,26)27)29-23(34-20)17-6-3-7-18(13-17)30-9-11-33-12-10-30/h3-8,13-15H,9-12H2,1-2H3,(H,28,31)/t15-/m0/s1. The monoisotopic (exact) mass is 491 g/mol. The Morgan fingerprint density at radius 3 is 2.62 bits per heavy atom. The number of hydrogen-bond acceptors (Lipinski definition) is 6. The number of thiazole rings is 1. The van der Waals surface area contributed by atoms with Crippen molar-refractivity contribution in [1.29, 1.82) is 0 Å². The van der Waals surface area contributed by atoms with Crippen molar-refractivity contribution in [3.63, 3.8) is 0 Å². The zero-order valence-corrected chi connectivity index (χ0v) is 19.5. The smallest absolute Gasteiger partial charge is 0.435 e. The van der Waals surface area contributed by atoms with Gasteiger partial charge in [0, 0.05) is 24.3 Å². The SMILES string of the molecule is COc1cccc([C@H](C)NC(=O)c2sc(-c3cccc(N4CCOCC4)c3)nc2C(F)(F)F)c1. The average molecular weight is 492 g/mol. The van der Waals surface area contributed by atoms with Crippen LogP contribution in [0.5, 0.6) is 5.75 Å². The number of ether oxygens (including phenoxy) is 2. The number of hydrogen-bond donors (Lipinski definition) is 1. The van der Waals surface area contributed by atoms with Crippen LogP contribution in [0.4, 0.5) is 18.9 Å². The lowest BCUT2D eigenvalue weighted by Crippen LogP contribution is -2.36. The summed E-state index contributed by atoms with van der Waals surface area (Å²) in [5.41, 5.74) is 0.936. The molecule has 0 aliphatic carbocycles. The van der Waals surface area contributed by atoms with E-state index < -0.39 is 28.7 Å². The van der Waals surface area contributed by atoms with Gasteiger partial charge in [-0.2, -0.15) is 13.2 Å². The molecule has 1 aliphatic rings. The highest BCUT2D eigenvalue weighted by molar-refractivity contribution is 7.17. The van der Waals surface area contributed by atoms with Crippen LogP contribution >= 0.6 is 11.3 Å². The predicted molar refractivity (Wildman–Crippen MR) is 124 cm³/mol. The lowest BCUT2D eigenvalue weighted by atomic mass is 10.1. The van der Waals surface area contributed by atoms with Crippen molar-refractivity contribution < 1.29 is 27.4 Å². The van der Waals surface area contributed by atoms with E-state index in [1.54, 1.807) is 49.4 Å². The van der Waals surface area contributed by atoms with Crippen molar-refractivity contribution in [2.75, 3.05) is 38.3 Å². The van der Waals surface area contributed by atoms with Crippen molar-refractivity contribution in [3.05, 3.63) is 64.7 Å². The number of anilines is 1. The zero-order valence-electron chi connectivity index (χ0n) is 18.7. The maximum atomic E-state index is 13.8. The van der Waals surface area contributed by atoms with Gasteiger partial charge in [0.1, 0.15) is 15.6 Å². The van der Waals surface area contributed by atoms with Gasteiger partial charge >= 0.3 is 6.18 Å². The van der Waals surface area contributed by atoms with Crippen LogP contribution in [0.25, 0.3) is 10.6 Å². The zero-order chi connectivity index (χ0) is 24.3. The molecule has 1 N–H and O–H groups in total. The summed E-state index contributed by atoms with van der Waals surface area (Å²) in [6.45, 7) is 4.29. The number of nitrogens with zero attached hydrogens (tertiary/aromatic N) is 2. The second kappa shape index (κ2) is 10.0. The summed E-state index contributed by atoms with van der Waals surface area (Å²) in [7, 11) is 1.52. The largest absolute Gasteiger partial charge is 0.497 e. The molecule has 4 rings (SSSR count). The Morgan fingerprint density at radius 1 is 1.18 bits per heavy atom. The molecule has 2 heterocycles. The molecular formula is C24H24F3N3O3S. The van der Waals surface area contributed by atoms with Crippen LogP contribution in [0.2, 0.25) is 0 Å². The second-order valence-electron chi connectivity index (χ2n) is 7.82. The summed E-state index contributed by atoms with van der Waals surface area (Å²) < 4.78 is 51.9. The van der Waals surface area contributed by atoms with Gasteiger partial charge in [-0.05, 0) is 36.8 Å². The highest BCUT2D eigenvalue weighted by Crippen LogP contribution is 2.38. The summed E-state index contributed by atoms with van der Waals surface area (Å²) in [5.74, 6) is -0.231. The summed E-state index contributed by atoms with van der Waals surface area (Å²) in [6, 6.07) is 13.6. The molecule has 1 fully saturated rings. The molecule has 0 spiro atoms. The minimum absolute atomic E-state index is 0.140. The Hall–Kier alpha value is -3.11. The fourth-order valence-corrected chi connectivity index (χ4v) is 4.69. The van der Waals surface area contributed by atoms with Crippen molar-refractivity contribution in [2.24, 2.45) is 0 Å². The van der Waals surface area contributed by atoms with Gasteiger partial charge < -0.3 is 19.7 Å². The summed E-state index contributed by atoms with van der Waals surface area (Å²) in [6.07, 6.45) is -4.76. The third-order valence-corrected chi connectivity index (χ3v) is 6.62. The molecule has 0 unspecified atom stereocenters. The Kier molecular flexibility index (Phi) is 7.08. The van der Waals surface area contributed by atoms with Crippen LogP contribution in [0.15, 0.2) is 48.5 Å². The van der Waals surface area contributed by atoms with E-state index in [2.05, 4.69) is 15.2 Å². The number of morpholine rings is 1. The molecule has 1 aromatic heterocycles. The Labute approximate surface area is 199 Å². The number of halogens is 3. The van der Waals surface area contributed by atoms with Crippen LogP contribution < -0.4 is 15.0 Å². The van der Waals surface area contributed by atoms with Crippen LogP contribution in [-0.4, -0.2) is 44.3 Å². The summed E-state index contributed by atoms with van der Waals surface area (Å²) in [5, 5.41) is 2.80. The lowest BCUT2D eigenvalue weighted by molar-refractivity contribution is -0.141. The molecule has 0 bridgehead atoms.